The Hall–Kier alpha value is -2.81. The summed E-state index contributed by atoms with van der Waals surface area (Å²) in [5.74, 6) is -0.0834. The summed E-state index contributed by atoms with van der Waals surface area (Å²) in [5, 5.41) is 5.74. The van der Waals surface area contributed by atoms with Crippen LogP contribution in [0.25, 0.3) is 0 Å². The molecule has 2 N–H and O–H groups in total. The van der Waals surface area contributed by atoms with Crippen molar-refractivity contribution in [2.24, 2.45) is 0 Å². The second-order valence-corrected chi connectivity index (χ2v) is 5.39. The van der Waals surface area contributed by atoms with Gasteiger partial charge in [-0.3, -0.25) is 9.78 Å². The fourth-order valence-electron chi connectivity index (χ4n) is 2.39. The summed E-state index contributed by atoms with van der Waals surface area (Å²) in [4.78, 5) is 25.8. The summed E-state index contributed by atoms with van der Waals surface area (Å²) in [6.45, 7) is 3.07. The molecule has 0 spiro atoms. The number of carbonyl (C=O) groups excluding carboxylic acids is 1. The van der Waals surface area contributed by atoms with Crippen LogP contribution in [0, 0.1) is 5.82 Å². The van der Waals surface area contributed by atoms with Crippen LogP contribution in [0.2, 0.25) is 0 Å². The zero-order chi connectivity index (χ0) is 17.5. The average Bonchev–Trinajstić information content (AvgIpc) is 2.67. The number of hydrogen-bond acceptors (Lipinski definition) is 7. The minimum atomic E-state index is -0.461. The summed E-state index contributed by atoms with van der Waals surface area (Å²) in [7, 11) is 0. The molecule has 0 atom stereocenters. The molecule has 0 unspecified atom stereocenters. The molecule has 1 amide bonds. The van der Waals surface area contributed by atoms with Crippen LogP contribution >= 0.6 is 0 Å². The monoisotopic (exact) mass is 346 g/mol. The van der Waals surface area contributed by atoms with E-state index < -0.39 is 5.82 Å². The van der Waals surface area contributed by atoms with E-state index in [1.165, 1.54) is 6.20 Å². The van der Waals surface area contributed by atoms with E-state index >= 15 is 0 Å². The molecule has 1 aliphatic rings. The SMILES string of the molecule is O=C(NCCNc1ncc(F)c(N2CCOCC2)n1)c1cccnc1. The number of morpholine rings is 1. The fraction of sp³-hybridized carbons (Fsp3) is 0.375. The number of nitrogens with one attached hydrogen (secondary N) is 2. The van der Waals surface area contributed by atoms with Gasteiger partial charge in [0.05, 0.1) is 25.0 Å². The Morgan fingerprint density at radius 3 is 2.88 bits per heavy atom. The zero-order valence-electron chi connectivity index (χ0n) is 13.6. The lowest BCUT2D eigenvalue weighted by Crippen LogP contribution is -2.37. The van der Waals surface area contributed by atoms with Gasteiger partial charge in [-0.05, 0) is 12.1 Å². The summed E-state index contributed by atoms with van der Waals surface area (Å²) in [6.07, 6.45) is 4.26. The Morgan fingerprint density at radius 2 is 2.12 bits per heavy atom. The Bertz CT molecular complexity index is 709. The molecule has 0 bridgehead atoms. The molecule has 1 saturated heterocycles. The quantitative estimate of drug-likeness (QED) is 0.744. The molecule has 8 nitrogen and oxygen atoms in total. The molecular weight excluding hydrogens is 327 g/mol. The van der Waals surface area contributed by atoms with E-state index in [2.05, 4.69) is 25.6 Å². The largest absolute Gasteiger partial charge is 0.378 e. The van der Waals surface area contributed by atoms with Crippen molar-refractivity contribution in [1.29, 1.82) is 0 Å². The Labute approximate surface area is 144 Å². The lowest BCUT2D eigenvalue weighted by Gasteiger charge is -2.28. The number of anilines is 2. The zero-order valence-corrected chi connectivity index (χ0v) is 13.6. The van der Waals surface area contributed by atoms with Crippen LogP contribution in [-0.2, 0) is 4.74 Å². The molecule has 0 radical (unpaired) electrons. The van der Waals surface area contributed by atoms with Crippen LogP contribution in [0.15, 0.2) is 30.7 Å². The van der Waals surface area contributed by atoms with Crippen molar-refractivity contribution >= 4 is 17.7 Å². The first-order valence-corrected chi connectivity index (χ1v) is 8.01. The molecule has 2 aromatic rings. The van der Waals surface area contributed by atoms with Crippen molar-refractivity contribution in [2.75, 3.05) is 49.6 Å². The van der Waals surface area contributed by atoms with E-state index in [0.29, 0.717) is 50.9 Å². The minimum absolute atomic E-state index is 0.205. The summed E-state index contributed by atoms with van der Waals surface area (Å²) >= 11 is 0. The summed E-state index contributed by atoms with van der Waals surface area (Å²) in [5.41, 5.74) is 0.495. The van der Waals surface area contributed by atoms with Gasteiger partial charge in [0, 0.05) is 38.6 Å². The molecule has 132 valence electrons. The van der Waals surface area contributed by atoms with Gasteiger partial charge in [-0.25, -0.2) is 9.37 Å². The van der Waals surface area contributed by atoms with E-state index in [4.69, 9.17) is 4.74 Å². The number of carbonyl (C=O) groups is 1. The van der Waals surface area contributed by atoms with Gasteiger partial charge in [-0.2, -0.15) is 4.98 Å². The van der Waals surface area contributed by atoms with Crippen LogP contribution in [0.5, 0.6) is 0 Å². The first-order chi connectivity index (χ1) is 12.2. The van der Waals surface area contributed by atoms with E-state index in [1.54, 1.807) is 18.3 Å². The summed E-state index contributed by atoms with van der Waals surface area (Å²) in [6, 6.07) is 3.39. The maximum absolute atomic E-state index is 13.9. The highest BCUT2D eigenvalue weighted by atomic mass is 19.1. The maximum atomic E-state index is 13.9. The Balaban J connectivity index is 1.50. The number of rotatable bonds is 6. The molecule has 0 aromatic carbocycles. The minimum Gasteiger partial charge on any atom is -0.378 e. The van der Waals surface area contributed by atoms with Gasteiger partial charge in [0.2, 0.25) is 5.95 Å². The summed E-state index contributed by atoms with van der Waals surface area (Å²) < 4.78 is 19.2. The van der Waals surface area contributed by atoms with E-state index in [-0.39, 0.29) is 11.7 Å². The second kappa shape index (κ2) is 8.34. The lowest BCUT2D eigenvalue weighted by molar-refractivity contribution is 0.0955. The highest BCUT2D eigenvalue weighted by molar-refractivity contribution is 5.93. The van der Waals surface area contributed by atoms with Crippen molar-refractivity contribution in [3.8, 4) is 0 Å². The Morgan fingerprint density at radius 1 is 1.28 bits per heavy atom. The molecule has 0 saturated carbocycles. The highest BCUT2D eigenvalue weighted by Crippen LogP contribution is 2.18. The van der Waals surface area contributed by atoms with Crippen molar-refractivity contribution < 1.29 is 13.9 Å². The number of pyridine rings is 1. The maximum Gasteiger partial charge on any atom is 0.252 e. The number of nitrogens with zero attached hydrogens (tertiary/aromatic N) is 4. The number of amides is 1. The highest BCUT2D eigenvalue weighted by Gasteiger charge is 2.17. The van der Waals surface area contributed by atoms with Gasteiger partial charge in [-0.1, -0.05) is 0 Å². The third-order valence-electron chi connectivity index (χ3n) is 3.65. The smallest absolute Gasteiger partial charge is 0.252 e. The lowest BCUT2D eigenvalue weighted by atomic mass is 10.3. The first-order valence-electron chi connectivity index (χ1n) is 8.01. The number of ether oxygens (including phenoxy) is 1. The van der Waals surface area contributed by atoms with Crippen LogP contribution in [0.3, 0.4) is 0 Å². The number of hydrogen-bond donors (Lipinski definition) is 2. The van der Waals surface area contributed by atoms with Crippen molar-refractivity contribution in [1.82, 2.24) is 20.3 Å². The molecule has 0 aliphatic carbocycles. The fourth-order valence-corrected chi connectivity index (χ4v) is 2.39. The molecule has 1 fully saturated rings. The van der Waals surface area contributed by atoms with Gasteiger partial charge < -0.3 is 20.3 Å². The first kappa shape index (κ1) is 17.0. The molecule has 3 heterocycles. The molecule has 3 rings (SSSR count). The standard InChI is InChI=1S/C16H19FN6O2/c17-13-11-21-16(22-14(13)23-6-8-25-9-7-23)20-5-4-19-15(24)12-2-1-3-18-10-12/h1-3,10-11H,4-9H2,(H,19,24)(H,20,21,22). The third kappa shape index (κ3) is 4.60. The topological polar surface area (TPSA) is 92.3 Å². The second-order valence-electron chi connectivity index (χ2n) is 5.39. The molecular formula is C16H19FN6O2. The van der Waals surface area contributed by atoms with Crippen LogP contribution in [0.1, 0.15) is 10.4 Å². The van der Waals surface area contributed by atoms with E-state index in [0.717, 1.165) is 6.20 Å². The van der Waals surface area contributed by atoms with Gasteiger partial charge in [0.1, 0.15) is 0 Å². The molecule has 9 heteroatoms. The number of aromatic nitrogens is 3. The predicted octanol–water partition coefficient (Wildman–Crippen LogP) is 0.689. The van der Waals surface area contributed by atoms with E-state index in [9.17, 15) is 9.18 Å². The van der Waals surface area contributed by atoms with Gasteiger partial charge in [0.15, 0.2) is 11.6 Å². The van der Waals surface area contributed by atoms with Gasteiger partial charge >= 0.3 is 0 Å². The Kier molecular flexibility index (Phi) is 5.68. The molecule has 25 heavy (non-hydrogen) atoms. The normalized spacial score (nSPS) is 14.2. The van der Waals surface area contributed by atoms with Gasteiger partial charge in [0.25, 0.3) is 5.91 Å². The number of halogens is 1. The van der Waals surface area contributed by atoms with E-state index in [1.807, 2.05) is 4.90 Å². The predicted molar refractivity (Wildman–Crippen MR) is 90.1 cm³/mol. The van der Waals surface area contributed by atoms with Crippen LogP contribution in [0.4, 0.5) is 16.2 Å². The average molecular weight is 346 g/mol. The van der Waals surface area contributed by atoms with Gasteiger partial charge in [-0.15, -0.1) is 0 Å². The molecule has 2 aromatic heterocycles. The van der Waals surface area contributed by atoms with Crippen LogP contribution in [-0.4, -0.2) is 60.3 Å². The third-order valence-corrected chi connectivity index (χ3v) is 3.65. The molecule has 1 aliphatic heterocycles. The van der Waals surface area contributed by atoms with Crippen molar-refractivity contribution in [3.05, 3.63) is 42.1 Å². The van der Waals surface area contributed by atoms with Crippen LogP contribution < -0.4 is 15.5 Å². The van der Waals surface area contributed by atoms with Crippen molar-refractivity contribution in [2.45, 2.75) is 0 Å². The van der Waals surface area contributed by atoms with Crippen molar-refractivity contribution in [3.63, 3.8) is 0 Å².